The SMILES string of the molecule is Cc1csc(=O)n1CCCC(=O)NC1CCCCCC1O. The molecule has 21 heavy (non-hydrogen) atoms. The van der Waals surface area contributed by atoms with Crippen LogP contribution in [0, 0.1) is 6.92 Å². The molecule has 1 aliphatic carbocycles. The second kappa shape index (κ2) is 7.75. The van der Waals surface area contributed by atoms with Crippen LogP contribution in [0.3, 0.4) is 0 Å². The summed E-state index contributed by atoms with van der Waals surface area (Å²) < 4.78 is 1.71. The van der Waals surface area contributed by atoms with Gasteiger partial charge < -0.3 is 15.0 Å². The van der Waals surface area contributed by atoms with Gasteiger partial charge in [-0.25, -0.2) is 0 Å². The summed E-state index contributed by atoms with van der Waals surface area (Å²) in [4.78, 5) is 23.6. The molecule has 0 saturated heterocycles. The van der Waals surface area contributed by atoms with E-state index in [1.165, 1.54) is 11.3 Å². The van der Waals surface area contributed by atoms with E-state index >= 15 is 0 Å². The number of amides is 1. The summed E-state index contributed by atoms with van der Waals surface area (Å²) in [6.45, 7) is 2.48. The normalized spacial score (nSPS) is 22.8. The van der Waals surface area contributed by atoms with E-state index in [2.05, 4.69) is 5.32 Å². The van der Waals surface area contributed by atoms with Gasteiger partial charge in [0, 0.05) is 24.0 Å². The minimum Gasteiger partial charge on any atom is -0.391 e. The Hall–Kier alpha value is -1.14. The van der Waals surface area contributed by atoms with Crippen LogP contribution in [0.1, 0.15) is 50.6 Å². The lowest BCUT2D eigenvalue weighted by atomic mass is 10.1. The largest absolute Gasteiger partial charge is 0.391 e. The van der Waals surface area contributed by atoms with Gasteiger partial charge in [-0.05, 0) is 26.2 Å². The third-order valence-corrected chi connectivity index (χ3v) is 4.97. The molecule has 0 radical (unpaired) electrons. The summed E-state index contributed by atoms with van der Waals surface area (Å²) in [5.74, 6) is -0.0260. The van der Waals surface area contributed by atoms with Crippen LogP contribution in [-0.4, -0.2) is 27.7 Å². The molecule has 1 amide bonds. The van der Waals surface area contributed by atoms with E-state index in [9.17, 15) is 14.7 Å². The Bertz CT molecular complexity index is 523. The number of thiazole rings is 1. The van der Waals surface area contributed by atoms with Crippen molar-refractivity contribution in [1.82, 2.24) is 9.88 Å². The number of aliphatic hydroxyl groups excluding tert-OH is 1. The first-order valence-corrected chi connectivity index (χ1v) is 8.58. The first kappa shape index (κ1) is 16.2. The molecule has 2 unspecified atom stereocenters. The molecule has 2 atom stereocenters. The summed E-state index contributed by atoms with van der Waals surface area (Å²) in [7, 11) is 0. The van der Waals surface area contributed by atoms with Crippen LogP contribution in [0.4, 0.5) is 0 Å². The molecule has 1 fully saturated rings. The van der Waals surface area contributed by atoms with E-state index in [-0.39, 0.29) is 16.8 Å². The number of hydrogen-bond donors (Lipinski definition) is 2. The molecule has 1 aromatic rings. The maximum atomic E-state index is 12.0. The van der Waals surface area contributed by atoms with Gasteiger partial charge >= 0.3 is 4.87 Å². The number of nitrogens with one attached hydrogen (secondary N) is 1. The van der Waals surface area contributed by atoms with Crippen LogP contribution in [0.2, 0.25) is 0 Å². The van der Waals surface area contributed by atoms with Crippen LogP contribution < -0.4 is 10.2 Å². The average molecular weight is 312 g/mol. The molecule has 118 valence electrons. The second-order valence-corrected chi connectivity index (χ2v) is 6.60. The summed E-state index contributed by atoms with van der Waals surface area (Å²) in [6, 6.07) is -0.106. The number of nitrogens with zero attached hydrogens (tertiary/aromatic N) is 1. The lowest BCUT2D eigenvalue weighted by Gasteiger charge is -2.21. The number of aromatic nitrogens is 1. The van der Waals surface area contributed by atoms with E-state index < -0.39 is 6.10 Å². The molecule has 1 aromatic heterocycles. The molecule has 6 heteroatoms. The monoisotopic (exact) mass is 312 g/mol. The highest BCUT2D eigenvalue weighted by Crippen LogP contribution is 2.18. The fourth-order valence-electron chi connectivity index (χ4n) is 2.81. The zero-order chi connectivity index (χ0) is 15.2. The highest BCUT2D eigenvalue weighted by Gasteiger charge is 2.22. The van der Waals surface area contributed by atoms with E-state index in [4.69, 9.17) is 0 Å². The fraction of sp³-hybridized carbons (Fsp3) is 0.733. The standard InChI is InChI=1S/C15H24N2O3S/c1-11-10-21-15(20)17(11)9-5-8-14(19)16-12-6-3-2-4-7-13(12)18/h10,12-13,18H,2-9H2,1H3,(H,16,19). The highest BCUT2D eigenvalue weighted by atomic mass is 32.1. The quantitative estimate of drug-likeness (QED) is 0.815. The summed E-state index contributed by atoms with van der Waals surface area (Å²) in [6.07, 6.45) is 5.48. The Kier molecular flexibility index (Phi) is 5.99. The first-order valence-electron chi connectivity index (χ1n) is 7.70. The summed E-state index contributed by atoms with van der Waals surface area (Å²) in [5, 5.41) is 14.8. The van der Waals surface area contributed by atoms with Gasteiger partial charge in [0.15, 0.2) is 0 Å². The van der Waals surface area contributed by atoms with Crippen LogP contribution in [0.5, 0.6) is 0 Å². The van der Waals surface area contributed by atoms with Gasteiger partial charge in [0.05, 0.1) is 12.1 Å². The van der Waals surface area contributed by atoms with E-state index in [0.717, 1.165) is 37.8 Å². The Morgan fingerprint density at radius 3 is 2.90 bits per heavy atom. The number of aliphatic hydroxyl groups is 1. The molecule has 1 saturated carbocycles. The molecular weight excluding hydrogens is 288 g/mol. The Morgan fingerprint density at radius 2 is 2.19 bits per heavy atom. The van der Waals surface area contributed by atoms with Gasteiger partial charge in [0.2, 0.25) is 5.91 Å². The molecule has 0 aliphatic heterocycles. The molecule has 0 spiro atoms. The topological polar surface area (TPSA) is 71.3 Å². The van der Waals surface area contributed by atoms with Crippen LogP contribution >= 0.6 is 11.3 Å². The Balaban J connectivity index is 1.75. The number of aryl methyl sites for hydroxylation is 1. The van der Waals surface area contributed by atoms with Crippen molar-refractivity contribution in [3.8, 4) is 0 Å². The van der Waals surface area contributed by atoms with Gasteiger partial charge in [-0.1, -0.05) is 30.6 Å². The molecular formula is C15H24N2O3S. The van der Waals surface area contributed by atoms with E-state index in [1.54, 1.807) is 4.57 Å². The fourth-order valence-corrected chi connectivity index (χ4v) is 3.57. The van der Waals surface area contributed by atoms with Crippen molar-refractivity contribution in [2.75, 3.05) is 0 Å². The maximum Gasteiger partial charge on any atom is 0.307 e. The third-order valence-electron chi connectivity index (χ3n) is 4.09. The zero-order valence-electron chi connectivity index (χ0n) is 12.5. The van der Waals surface area contributed by atoms with E-state index in [0.29, 0.717) is 19.4 Å². The molecule has 2 rings (SSSR count). The number of rotatable bonds is 5. The van der Waals surface area contributed by atoms with Gasteiger partial charge in [0.1, 0.15) is 0 Å². The van der Waals surface area contributed by atoms with Crippen molar-refractivity contribution < 1.29 is 9.90 Å². The number of carbonyl (C=O) groups is 1. The predicted octanol–water partition coefficient (Wildman–Crippen LogP) is 1.81. The summed E-state index contributed by atoms with van der Waals surface area (Å²) >= 11 is 1.19. The highest BCUT2D eigenvalue weighted by molar-refractivity contribution is 7.07. The molecule has 1 heterocycles. The van der Waals surface area contributed by atoms with Crippen LogP contribution in [0.25, 0.3) is 0 Å². The minimum atomic E-state index is -0.418. The first-order chi connectivity index (χ1) is 10.1. The lowest BCUT2D eigenvalue weighted by molar-refractivity contribution is -0.122. The van der Waals surface area contributed by atoms with Gasteiger partial charge in [-0.3, -0.25) is 9.59 Å². The molecule has 0 aromatic carbocycles. The van der Waals surface area contributed by atoms with Crippen molar-refractivity contribution in [3.05, 3.63) is 20.7 Å². The van der Waals surface area contributed by atoms with Crippen molar-refractivity contribution in [1.29, 1.82) is 0 Å². The minimum absolute atomic E-state index is 0.0260. The molecule has 2 N–H and O–H groups in total. The Labute approximate surface area is 129 Å². The van der Waals surface area contributed by atoms with Crippen molar-refractivity contribution in [3.63, 3.8) is 0 Å². The second-order valence-electron chi connectivity index (χ2n) is 5.78. The maximum absolute atomic E-state index is 12.0. The zero-order valence-corrected chi connectivity index (χ0v) is 13.3. The number of hydrogen-bond acceptors (Lipinski definition) is 4. The van der Waals surface area contributed by atoms with Crippen molar-refractivity contribution in [2.24, 2.45) is 0 Å². The van der Waals surface area contributed by atoms with Crippen molar-refractivity contribution in [2.45, 2.75) is 70.6 Å². The lowest BCUT2D eigenvalue weighted by Crippen LogP contribution is -2.42. The third kappa shape index (κ3) is 4.68. The van der Waals surface area contributed by atoms with E-state index in [1.807, 2.05) is 12.3 Å². The van der Waals surface area contributed by atoms with Crippen molar-refractivity contribution >= 4 is 17.2 Å². The molecule has 1 aliphatic rings. The predicted molar refractivity (Wildman–Crippen MR) is 83.6 cm³/mol. The Morgan fingerprint density at radius 1 is 1.43 bits per heavy atom. The summed E-state index contributed by atoms with van der Waals surface area (Å²) in [5.41, 5.74) is 0.949. The molecule has 0 bridgehead atoms. The molecule has 5 nitrogen and oxygen atoms in total. The number of carbonyl (C=O) groups excluding carboxylic acids is 1. The van der Waals surface area contributed by atoms with Gasteiger partial charge in [-0.15, -0.1) is 0 Å². The average Bonchev–Trinajstić information content (AvgIpc) is 2.64. The smallest absolute Gasteiger partial charge is 0.307 e. The van der Waals surface area contributed by atoms with Crippen LogP contribution in [0.15, 0.2) is 10.2 Å². The van der Waals surface area contributed by atoms with Gasteiger partial charge in [0.25, 0.3) is 0 Å². The van der Waals surface area contributed by atoms with Gasteiger partial charge in [-0.2, -0.15) is 0 Å². The van der Waals surface area contributed by atoms with Crippen LogP contribution in [-0.2, 0) is 11.3 Å².